The van der Waals surface area contributed by atoms with Crippen LogP contribution in [-0.4, -0.2) is 36.8 Å². The maximum absolute atomic E-state index is 14.3. The van der Waals surface area contributed by atoms with Gasteiger partial charge in [-0.2, -0.15) is 0 Å². The first kappa shape index (κ1) is 20.2. The summed E-state index contributed by atoms with van der Waals surface area (Å²) in [5.74, 6) is -0.589. The number of nitrogens with zero attached hydrogens (tertiary/aromatic N) is 1. The Balaban J connectivity index is 1.57. The van der Waals surface area contributed by atoms with Crippen molar-refractivity contribution >= 4 is 40.9 Å². The number of halogens is 2. The summed E-state index contributed by atoms with van der Waals surface area (Å²) in [6.45, 7) is 1.20. The molecule has 29 heavy (non-hydrogen) atoms. The van der Waals surface area contributed by atoms with E-state index in [1.54, 1.807) is 18.2 Å². The van der Waals surface area contributed by atoms with Crippen LogP contribution < -0.4 is 10.2 Å². The Kier molecular flexibility index (Phi) is 6.08. The third kappa shape index (κ3) is 4.42. The van der Waals surface area contributed by atoms with Gasteiger partial charge in [0, 0.05) is 34.2 Å². The topological polar surface area (TPSA) is 58.6 Å². The molecule has 1 fully saturated rings. The largest absolute Gasteiger partial charge is 0.376 e. The van der Waals surface area contributed by atoms with Gasteiger partial charge in [-0.1, -0.05) is 17.7 Å². The molecule has 2 amide bonds. The molecule has 1 atom stereocenters. The fraction of sp³-hybridized carbons (Fsp3) is 0.333. The van der Waals surface area contributed by atoms with Crippen molar-refractivity contribution in [2.24, 2.45) is 0 Å². The quantitative estimate of drug-likeness (QED) is 0.772. The van der Waals surface area contributed by atoms with Crippen molar-refractivity contribution in [3.63, 3.8) is 0 Å². The molecule has 5 nitrogen and oxygen atoms in total. The van der Waals surface area contributed by atoms with Gasteiger partial charge in [-0.3, -0.25) is 9.59 Å². The van der Waals surface area contributed by atoms with E-state index in [9.17, 15) is 14.0 Å². The van der Waals surface area contributed by atoms with Crippen LogP contribution in [0, 0.1) is 5.82 Å². The number of amides is 2. The number of hydrogen-bond acceptors (Lipinski definition) is 4. The molecule has 0 aliphatic carbocycles. The van der Waals surface area contributed by atoms with Crippen molar-refractivity contribution in [2.45, 2.75) is 30.4 Å². The lowest BCUT2D eigenvalue weighted by Crippen LogP contribution is -2.36. The Labute approximate surface area is 177 Å². The van der Waals surface area contributed by atoms with Crippen LogP contribution in [-0.2, 0) is 16.1 Å². The standard InChI is InChI=1S/C21H20ClFN2O3S/c22-16-4-1-5-17(23)15(16)11-25-18-9-13(6-7-19(18)29-12-20(25)26)21(27)24-10-14-3-2-8-28-14/h1,4-7,9,14H,2-3,8,10-12H2,(H,24,27)/t14-/m1/s1. The number of carbonyl (C=O) groups excluding carboxylic acids is 2. The molecule has 1 N–H and O–H groups in total. The molecule has 152 valence electrons. The lowest BCUT2D eigenvalue weighted by Gasteiger charge is -2.30. The highest BCUT2D eigenvalue weighted by molar-refractivity contribution is 8.00. The van der Waals surface area contributed by atoms with Crippen molar-refractivity contribution < 1.29 is 18.7 Å². The van der Waals surface area contributed by atoms with E-state index >= 15 is 0 Å². The number of carbonyl (C=O) groups is 2. The predicted octanol–water partition coefficient (Wildman–Crippen LogP) is 4.03. The lowest BCUT2D eigenvalue weighted by atomic mass is 10.1. The molecule has 0 spiro atoms. The highest BCUT2D eigenvalue weighted by atomic mass is 35.5. The highest BCUT2D eigenvalue weighted by Crippen LogP contribution is 2.37. The Hall–Kier alpha value is -2.09. The third-order valence-corrected chi connectivity index (χ3v) is 6.46. The van der Waals surface area contributed by atoms with E-state index in [4.69, 9.17) is 16.3 Å². The minimum absolute atomic E-state index is 0.0128. The van der Waals surface area contributed by atoms with Crippen LogP contribution in [0.15, 0.2) is 41.3 Å². The Morgan fingerprint density at radius 1 is 1.34 bits per heavy atom. The smallest absolute Gasteiger partial charge is 0.251 e. The Morgan fingerprint density at radius 3 is 2.97 bits per heavy atom. The maximum atomic E-state index is 14.3. The van der Waals surface area contributed by atoms with Gasteiger partial charge in [0.05, 0.1) is 24.1 Å². The summed E-state index contributed by atoms with van der Waals surface area (Å²) < 4.78 is 19.8. The van der Waals surface area contributed by atoms with Crippen molar-refractivity contribution in [3.8, 4) is 0 Å². The molecule has 4 rings (SSSR count). The molecule has 2 aromatic rings. The van der Waals surface area contributed by atoms with E-state index in [2.05, 4.69) is 5.32 Å². The minimum atomic E-state index is -0.462. The van der Waals surface area contributed by atoms with Crippen LogP contribution >= 0.6 is 23.4 Å². The summed E-state index contributed by atoms with van der Waals surface area (Å²) in [5, 5.41) is 3.15. The zero-order valence-electron chi connectivity index (χ0n) is 15.6. The molecular formula is C21H20ClFN2O3S. The molecule has 0 bridgehead atoms. The molecule has 2 heterocycles. The second-order valence-corrected chi connectivity index (χ2v) is 8.42. The molecule has 1 saturated heterocycles. The SMILES string of the molecule is O=C(NC[C@H]1CCCO1)c1ccc2c(c1)N(Cc1c(F)cccc1Cl)C(=O)CS2. The van der Waals surface area contributed by atoms with Gasteiger partial charge in [-0.15, -0.1) is 11.8 Å². The molecular weight excluding hydrogens is 415 g/mol. The van der Waals surface area contributed by atoms with E-state index in [0.29, 0.717) is 17.8 Å². The van der Waals surface area contributed by atoms with Crippen LogP contribution in [0.2, 0.25) is 5.02 Å². The van der Waals surface area contributed by atoms with Gasteiger partial charge in [0.15, 0.2) is 0 Å². The van der Waals surface area contributed by atoms with E-state index in [1.807, 2.05) is 6.07 Å². The molecule has 0 aromatic heterocycles. The molecule has 8 heteroatoms. The van der Waals surface area contributed by atoms with Gasteiger partial charge in [0.1, 0.15) is 5.82 Å². The van der Waals surface area contributed by atoms with E-state index in [0.717, 1.165) is 24.3 Å². The van der Waals surface area contributed by atoms with E-state index < -0.39 is 5.82 Å². The molecule has 2 aliphatic heterocycles. The number of hydrogen-bond donors (Lipinski definition) is 1. The normalized spacial score (nSPS) is 18.6. The number of anilines is 1. The second-order valence-electron chi connectivity index (χ2n) is 7.00. The van der Waals surface area contributed by atoms with Crippen molar-refractivity contribution in [1.29, 1.82) is 0 Å². The molecule has 0 radical (unpaired) electrons. The number of ether oxygens (including phenoxy) is 1. The molecule has 0 saturated carbocycles. The molecule has 2 aromatic carbocycles. The predicted molar refractivity (Wildman–Crippen MR) is 111 cm³/mol. The van der Waals surface area contributed by atoms with Crippen molar-refractivity contribution in [3.05, 3.63) is 58.4 Å². The van der Waals surface area contributed by atoms with Crippen LogP contribution in [0.4, 0.5) is 10.1 Å². The van der Waals surface area contributed by atoms with Gasteiger partial charge in [0.25, 0.3) is 5.91 Å². The monoisotopic (exact) mass is 434 g/mol. The lowest BCUT2D eigenvalue weighted by molar-refractivity contribution is -0.116. The van der Waals surface area contributed by atoms with Crippen LogP contribution in [0.1, 0.15) is 28.8 Å². The summed E-state index contributed by atoms with van der Waals surface area (Å²) >= 11 is 7.55. The molecule has 2 aliphatic rings. The number of rotatable bonds is 5. The minimum Gasteiger partial charge on any atom is -0.376 e. The summed E-state index contributed by atoms with van der Waals surface area (Å²) in [7, 11) is 0. The summed E-state index contributed by atoms with van der Waals surface area (Å²) in [5.41, 5.74) is 1.30. The summed E-state index contributed by atoms with van der Waals surface area (Å²) in [4.78, 5) is 27.5. The first-order chi connectivity index (χ1) is 14.0. The number of nitrogens with one attached hydrogen (secondary N) is 1. The summed E-state index contributed by atoms with van der Waals surface area (Å²) in [6.07, 6.45) is 1.99. The zero-order chi connectivity index (χ0) is 20.4. The van der Waals surface area contributed by atoms with Gasteiger partial charge < -0.3 is 15.0 Å². The second kappa shape index (κ2) is 8.73. The van der Waals surface area contributed by atoms with Gasteiger partial charge in [-0.25, -0.2) is 4.39 Å². The average molecular weight is 435 g/mol. The van der Waals surface area contributed by atoms with E-state index in [1.165, 1.54) is 28.8 Å². The number of thioether (sulfide) groups is 1. The van der Waals surface area contributed by atoms with Crippen molar-refractivity contribution in [2.75, 3.05) is 23.8 Å². The van der Waals surface area contributed by atoms with Gasteiger partial charge in [-0.05, 0) is 43.2 Å². The maximum Gasteiger partial charge on any atom is 0.251 e. The number of fused-ring (bicyclic) bond motifs is 1. The fourth-order valence-corrected chi connectivity index (χ4v) is 4.61. The van der Waals surface area contributed by atoms with Crippen LogP contribution in [0.5, 0.6) is 0 Å². The van der Waals surface area contributed by atoms with Crippen LogP contribution in [0.3, 0.4) is 0 Å². The fourth-order valence-electron chi connectivity index (χ4n) is 3.47. The summed E-state index contributed by atoms with van der Waals surface area (Å²) in [6, 6.07) is 9.68. The molecule has 0 unspecified atom stereocenters. The average Bonchev–Trinajstić information content (AvgIpc) is 3.23. The number of benzene rings is 2. The van der Waals surface area contributed by atoms with E-state index in [-0.39, 0.29) is 40.8 Å². The van der Waals surface area contributed by atoms with Gasteiger partial charge >= 0.3 is 0 Å². The van der Waals surface area contributed by atoms with Crippen molar-refractivity contribution in [1.82, 2.24) is 5.32 Å². The van der Waals surface area contributed by atoms with Gasteiger partial charge in [0.2, 0.25) is 5.91 Å². The first-order valence-electron chi connectivity index (χ1n) is 9.43. The van der Waals surface area contributed by atoms with Crippen LogP contribution in [0.25, 0.3) is 0 Å². The Bertz CT molecular complexity index is 929. The first-order valence-corrected chi connectivity index (χ1v) is 10.8. The highest BCUT2D eigenvalue weighted by Gasteiger charge is 2.27. The Morgan fingerprint density at radius 2 is 2.21 bits per heavy atom. The zero-order valence-corrected chi connectivity index (χ0v) is 17.2. The third-order valence-electron chi connectivity index (χ3n) is 5.06.